The second kappa shape index (κ2) is 5.05. The minimum Gasteiger partial charge on any atom is -0.454 e. The number of fused-ring (bicyclic) bond motifs is 1. The van der Waals surface area contributed by atoms with Crippen LogP contribution < -0.4 is 20.1 Å². The number of nitrogens with one attached hydrogen (secondary N) is 2. The van der Waals surface area contributed by atoms with Crippen molar-refractivity contribution in [2.24, 2.45) is 0 Å². The van der Waals surface area contributed by atoms with Gasteiger partial charge in [0.05, 0.1) is 0 Å². The van der Waals surface area contributed by atoms with E-state index in [1.165, 1.54) is 0 Å². The molecule has 1 aliphatic heterocycles. The normalized spacial score (nSPS) is 12.6. The Balaban J connectivity index is 2.12. The molecule has 0 radical (unpaired) electrons. The molecule has 2 N–H and O–H groups in total. The summed E-state index contributed by atoms with van der Waals surface area (Å²) in [5, 5.41) is 5.81. The number of aryl methyl sites for hydroxylation is 1. The molecule has 5 heteroatoms. The fourth-order valence-electron chi connectivity index (χ4n) is 1.68. The van der Waals surface area contributed by atoms with E-state index < -0.39 is 0 Å². The minimum absolute atomic E-state index is 0.0870. The van der Waals surface area contributed by atoms with Crippen molar-refractivity contribution in [3.05, 3.63) is 23.3 Å². The summed E-state index contributed by atoms with van der Waals surface area (Å²) in [6, 6.07) is 3.56. The monoisotopic (exact) mass is 236 g/mol. The van der Waals surface area contributed by atoms with Crippen LogP contribution in [0, 0.1) is 6.92 Å². The van der Waals surface area contributed by atoms with Crippen molar-refractivity contribution in [2.45, 2.75) is 6.92 Å². The third-order valence-corrected chi connectivity index (χ3v) is 2.62. The van der Waals surface area contributed by atoms with Crippen LogP contribution in [0.4, 0.5) is 0 Å². The van der Waals surface area contributed by atoms with Crippen molar-refractivity contribution < 1.29 is 14.3 Å². The third kappa shape index (κ3) is 2.50. The van der Waals surface area contributed by atoms with Gasteiger partial charge < -0.3 is 20.1 Å². The van der Waals surface area contributed by atoms with Gasteiger partial charge in [-0.05, 0) is 31.7 Å². The van der Waals surface area contributed by atoms with E-state index in [0.29, 0.717) is 23.6 Å². The fourth-order valence-corrected chi connectivity index (χ4v) is 1.68. The zero-order valence-electron chi connectivity index (χ0n) is 10.0. The number of carbonyl (C=O) groups is 1. The molecule has 0 aromatic heterocycles. The van der Waals surface area contributed by atoms with Crippen molar-refractivity contribution in [2.75, 3.05) is 26.9 Å². The van der Waals surface area contributed by atoms with Gasteiger partial charge in [-0.1, -0.05) is 0 Å². The van der Waals surface area contributed by atoms with E-state index >= 15 is 0 Å². The molecule has 1 aliphatic rings. The van der Waals surface area contributed by atoms with Crippen molar-refractivity contribution >= 4 is 5.91 Å². The first-order valence-corrected chi connectivity index (χ1v) is 5.55. The van der Waals surface area contributed by atoms with Crippen molar-refractivity contribution in [1.82, 2.24) is 10.6 Å². The average Bonchev–Trinajstić information content (AvgIpc) is 2.75. The first-order valence-electron chi connectivity index (χ1n) is 5.55. The van der Waals surface area contributed by atoms with E-state index in [9.17, 15) is 4.79 Å². The summed E-state index contributed by atoms with van der Waals surface area (Å²) in [6.07, 6.45) is 0. The van der Waals surface area contributed by atoms with Crippen molar-refractivity contribution in [1.29, 1.82) is 0 Å². The van der Waals surface area contributed by atoms with Crippen LogP contribution in [0.2, 0.25) is 0 Å². The van der Waals surface area contributed by atoms with Crippen LogP contribution >= 0.6 is 0 Å². The van der Waals surface area contributed by atoms with Gasteiger partial charge in [-0.2, -0.15) is 0 Å². The summed E-state index contributed by atoms with van der Waals surface area (Å²) in [5.74, 6) is 1.25. The molecule has 92 valence electrons. The van der Waals surface area contributed by atoms with Crippen LogP contribution in [0.1, 0.15) is 15.9 Å². The summed E-state index contributed by atoms with van der Waals surface area (Å²) in [7, 11) is 1.85. The number of carbonyl (C=O) groups excluding carboxylic acids is 1. The molecule has 2 rings (SSSR count). The largest absolute Gasteiger partial charge is 0.454 e. The van der Waals surface area contributed by atoms with Crippen molar-refractivity contribution in [3.63, 3.8) is 0 Å². The molecule has 0 atom stereocenters. The molecule has 0 bridgehead atoms. The first-order chi connectivity index (χ1) is 8.22. The van der Waals surface area contributed by atoms with Crippen LogP contribution in [0.15, 0.2) is 12.1 Å². The molecule has 17 heavy (non-hydrogen) atoms. The SMILES string of the molecule is CNCCNC(=O)c1cc2c(cc1C)OCO2. The Hall–Kier alpha value is -1.75. The van der Waals surface area contributed by atoms with Gasteiger partial charge in [0, 0.05) is 18.7 Å². The summed E-state index contributed by atoms with van der Waals surface area (Å²) in [5.41, 5.74) is 1.52. The van der Waals surface area contributed by atoms with Crippen LogP contribution in [0.25, 0.3) is 0 Å². The Morgan fingerprint density at radius 1 is 1.29 bits per heavy atom. The summed E-state index contributed by atoms with van der Waals surface area (Å²) in [4.78, 5) is 11.9. The Kier molecular flexibility index (Phi) is 3.49. The second-order valence-electron chi connectivity index (χ2n) is 3.88. The number of amides is 1. The summed E-state index contributed by atoms with van der Waals surface area (Å²) in [6.45, 7) is 3.45. The molecule has 0 fully saturated rings. The molecule has 5 nitrogen and oxygen atoms in total. The standard InChI is InChI=1S/C12H16N2O3/c1-8-5-10-11(17-7-16-10)6-9(8)12(15)14-4-3-13-2/h5-6,13H,3-4,7H2,1-2H3,(H,14,15). The van der Waals surface area contributed by atoms with Gasteiger partial charge in [0.15, 0.2) is 11.5 Å². The van der Waals surface area contributed by atoms with E-state index in [0.717, 1.165) is 12.1 Å². The number of ether oxygens (including phenoxy) is 2. The van der Waals surface area contributed by atoms with Crippen LogP contribution in [0.5, 0.6) is 11.5 Å². The Morgan fingerprint density at radius 3 is 2.71 bits per heavy atom. The van der Waals surface area contributed by atoms with Gasteiger partial charge in [-0.15, -0.1) is 0 Å². The highest BCUT2D eigenvalue weighted by Gasteiger charge is 2.18. The number of hydrogen-bond donors (Lipinski definition) is 2. The summed E-state index contributed by atoms with van der Waals surface area (Å²) >= 11 is 0. The lowest BCUT2D eigenvalue weighted by molar-refractivity contribution is 0.0953. The zero-order chi connectivity index (χ0) is 12.3. The molecule has 1 aromatic carbocycles. The molecule has 0 saturated carbocycles. The molecule has 0 aliphatic carbocycles. The topological polar surface area (TPSA) is 59.6 Å². The van der Waals surface area contributed by atoms with Crippen LogP contribution in [0.3, 0.4) is 0 Å². The third-order valence-electron chi connectivity index (χ3n) is 2.62. The van der Waals surface area contributed by atoms with E-state index in [1.807, 2.05) is 20.0 Å². The molecule has 1 amide bonds. The van der Waals surface area contributed by atoms with Gasteiger partial charge in [0.25, 0.3) is 5.91 Å². The molecule has 1 aromatic rings. The molecular formula is C12H16N2O3. The lowest BCUT2D eigenvalue weighted by atomic mass is 10.1. The van der Waals surface area contributed by atoms with E-state index in [1.54, 1.807) is 6.07 Å². The number of likely N-dealkylation sites (N-methyl/N-ethyl adjacent to an activating group) is 1. The second-order valence-corrected chi connectivity index (χ2v) is 3.88. The molecule has 0 saturated heterocycles. The minimum atomic E-state index is -0.0870. The van der Waals surface area contributed by atoms with Gasteiger partial charge in [-0.25, -0.2) is 0 Å². The zero-order valence-corrected chi connectivity index (χ0v) is 10.0. The van der Waals surface area contributed by atoms with E-state index in [4.69, 9.17) is 9.47 Å². The lowest BCUT2D eigenvalue weighted by Crippen LogP contribution is -2.30. The lowest BCUT2D eigenvalue weighted by Gasteiger charge is -2.08. The maximum absolute atomic E-state index is 11.9. The molecular weight excluding hydrogens is 220 g/mol. The average molecular weight is 236 g/mol. The first kappa shape index (κ1) is 11.7. The molecule has 0 spiro atoms. The van der Waals surface area contributed by atoms with E-state index in [2.05, 4.69) is 10.6 Å². The van der Waals surface area contributed by atoms with Crippen LogP contribution in [-0.2, 0) is 0 Å². The smallest absolute Gasteiger partial charge is 0.251 e. The maximum atomic E-state index is 11.9. The highest BCUT2D eigenvalue weighted by molar-refractivity contribution is 5.96. The van der Waals surface area contributed by atoms with Crippen LogP contribution in [-0.4, -0.2) is 32.8 Å². The predicted octanol–water partition coefficient (Wildman–Crippen LogP) is 0.673. The van der Waals surface area contributed by atoms with Gasteiger partial charge in [0.2, 0.25) is 6.79 Å². The quantitative estimate of drug-likeness (QED) is 0.754. The van der Waals surface area contributed by atoms with Gasteiger partial charge >= 0.3 is 0 Å². The van der Waals surface area contributed by atoms with Gasteiger partial charge in [-0.3, -0.25) is 4.79 Å². The summed E-state index contributed by atoms with van der Waals surface area (Å²) < 4.78 is 10.5. The number of benzene rings is 1. The molecule has 1 heterocycles. The number of hydrogen-bond acceptors (Lipinski definition) is 4. The molecule has 0 unspecified atom stereocenters. The predicted molar refractivity (Wildman–Crippen MR) is 63.6 cm³/mol. The maximum Gasteiger partial charge on any atom is 0.251 e. The van der Waals surface area contributed by atoms with E-state index in [-0.39, 0.29) is 12.7 Å². The Morgan fingerprint density at radius 2 is 2.00 bits per heavy atom. The highest BCUT2D eigenvalue weighted by Crippen LogP contribution is 2.34. The van der Waals surface area contributed by atoms with Crippen molar-refractivity contribution in [3.8, 4) is 11.5 Å². The number of rotatable bonds is 4. The Labute approximate surface area is 100 Å². The fraction of sp³-hybridized carbons (Fsp3) is 0.417. The van der Waals surface area contributed by atoms with Gasteiger partial charge in [0.1, 0.15) is 0 Å². The Bertz CT molecular complexity index is 432. The highest BCUT2D eigenvalue weighted by atomic mass is 16.7.